The molecule has 0 saturated heterocycles. The fraction of sp³-hybridized carbons (Fsp3) is 0.900. The SMILES string of the molecule is CCOCC(C)NC(=O)NC1CCC1. The van der Waals surface area contributed by atoms with Crippen molar-refractivity contribution in [1.82, 2.24) is 10.6 Å². The van der Waals surface area contributed by atoms with Gasteiger partial charge in [-0.3, -0.25) is 0 Å². The summed E-state index contributed by atoms with van der Waals surface area (Å²) in [7, 11) is 0. The molecule has 0 aromatic carbocycles. The van der Waals surface area contributed by atoms with Crippen LogP contribution in [0.25, 0.3) is 0 Å². The van der Waals surface area contributed by atoms with E-state index < -0.39 is 0 Å². The van der Waals surface area contributed by atoms with Gasteiger partial charge >= 0.3 is 6.03 Å². The zero-order valence-electron chi connectivity index (χ0n) is 9.01. The predicted molar refractivity (Wildman–Crippen MR) is 55.3 cm³/mol. The number of hydrogen-bond donors (Lipinski definition) is 2. The quantitative estimate of drug-likeness (QED) is 0.702. The number of carbonyl (C=O) groups excluding carboxylic acids is 1. The van der Waals surface area contributed by atoms with E-state index in [2.05, 4.69) is 10.6 Å². The van der Waals surface area contributed by atoms with Gasteiger partial charge in [0, 0.05) is 12.6 Å². The summed E-state index contributed by atoms with van der Waals surface area (Å²) in [5, 5.41) is 5.76. The van der Waals surface area contributed by atoms with Crippen molar-refractivity contribution < 1.29 is 9.53 Å². The van der Waals surface area contributed by atoms with Crippen LogP contribution in [0.3, 0.4) is 0 Å². The van der Waals surface area contributed by atoms with E-state index in [1.165, 1.54) is 6.42 Å². The molecule has 1 rings (SSSR count). The average Bonchev–Trinajstić information content (AvgIpc) is 2.08. The number of rotatable bonds is 5. The summed E-state index contributed by atoms with van der Waals surface area (Å²) in [4.78, 5) is 11.3. The van der Waals surface area contributed by atoms with Gasteiger partial charge in [0.25, 0.3) is 0 Å². The normalized spacial score (nSPS) is 18.4. The van der Waals surface area contributed by atoms with Gasteiger partial charge in [0.15, 0.2) is 0 Å². The van der Waals surface area contributed by atoms with Gasteiger partial charge in [0.2, 0.25) is 0 Å². The number of hydrogen-bond acceptors (Lipinski definition) is 2. The third-order valence-electron chi connectivity index (χ3n) is 2.39. The number of amides is 2. The van der Waals surface area contributed by atoms with Gasteiger partial charge in [0.1, 0.15) is 0 Å². The molecule has 0 bridgehead atoms. The first-order valence-corrected chi connectivity index (χ1v) is 5.37. The Morgan fingerprint density at radius 1 is 1.57 bits per heavy atom. The molecule has 4 nitrogen and oxygen atoms in total. The molecule has 4 heteroatoms. The standard InChI is InChI=1S/C10H20N2O2/c1-3-14-7-8(2)11-10(13)12-9-5-4-6-9/h8-9H,3-7H2,1-2H3,(H2,11,12,13). The minimum absolute atomic E-state index is 0.0677. The van der Waals surface area contributed by atoms with Crippen LogP contribution in [0.15, 0.2) is 0 Å². The molecule has 1 atom stereocenters. The van der Waals surface area contributed by atoms with Crippen molar-refractivity contribution in [2.45, 2.75) is 45.2 Å². The molecule has 0 aliphatic heterocycles. The second-order valence-electron chi connectivity index (χ2n) is 3.81. The third kappa shape index (κ3) is 3.96. The molecule has 0 spiro atoms. The van der Waals surface area contributed by atoms with Crippen LogP contribution in [0, 0.1) is 0 Å². The van der Waals surface area contributed by atoms with Crippen molar-refractivity contribution in [3.63, 3.8) is 0 Å². The molecule has 0 radical (unpaired) electrons. The van der Waals surface area contributed by atoms with E-state index in [1.54, 1.807) is 0 Å². The maximum Gasteiger partial charge on any atom is 0.315 e. The first-order chi connectivity index (χ1) is 6.72. The second kappa shape index (κ2) is 5.86. The number of urea groups is 1. The Balaban J connectivity index is 2.05. The van der Waals surface area contributed by atoms with Crippen molar-refractivity contribution in [2.24, 2.45) is 0 Å². The zero-order valence-corrected chi connectivity index (χ0v) is 9.01. The zero-order chi connectivity index (χ0) is 10.4. The molecular weight excluding hydrogens is 180 g/mol. The monoisotopic (exact) mass is 200 g/mol. The Labute approximate surface area is 85.4 Å². The van der Waals surface area contributed by atoms with Crippen molar-refractivity contribution in [3.05, 3.63) is 0 Å². The molecule has 2 N–H and O–H groups in total. The highest BCUT2D eigenvalue weighted by atomic mass is 16.5. The van der Waals surface area contributed by atoms with Crippen molar-refractivity contribution in [3.8, 4) is 0 Å². The summed E-state index contributed by atoms with van der Waals surface area (Å²) in [6.45, 7) is 5.15. The summed E-state index contributed by atoms with van der Waals surface area (Å²) in [5.74, 6) is 0. The third-order valence-corrected chi connectivity index (χ3v) is 2.39. The highest BCUT2D eigenvalue weighted by Crippen LogP contribution is 2.17. The minimum Gasteiger partial charge on any atom is -0.380 e. The lowest BCUT2D eigenvalue weighted by atomic mass is 9.93. The van der Waals surface area contributed by atoms with Gasteiger partial charge in [-0.05, 0) is 33.1 Å². The highest BCUT2D eigenvalue weighted by Gasteiger charge is 2.19. The van der Waals surface area contributed by atoms with Crippen LogP contribution < -0.4 is 10.6 Å². The summed E-state index contributed by atoms with van der Waals surface area (Å²) in [6, 6.07) is 0.409. The van der Waals surface area contributed by atoms with Crippen molar-refractivity contribution >= 4 is 6.03 Å². The molecule has 0 aromatic heterocycles. The Hall–Kier alpha value is -0.770. The van der Waals surface area contributed by atoms with Gasteiger partial charge < -0.3 is 15.4 Å². The minimum atomic E-state index is -0.0677. The van der Waals surface area contributed by atoms with E-state index in [4.69, 9.17) is 4.74 Å². The summed E-state index contributed by atoms with van der Waals surface area (Å²) < 4.78 is 5.20. The molecule has 1 aliphatic carbocycles. The van der Waals surface area contributed by atoms with Crippen molar-refractivity contribution in [2.75, 3.05) is 13.2 Å². The smallest absolute Gasteiger partial charge is 0.315 e. The Morgan fingerprint density at radius 3 is 2.79 bits per heavy atom. The van der Waals surface area contributed by atoms with E-state index in [-0.39, 0.29) is 12.1 Å². The molecule has 14 heavy (non-hydrogen) atoms. The van der Waals surface area contributed by atoms with E-state index in [0.717, 1.165) is 12.8 Å². The molecule has 1 fully saturated rings. The molecule has 1 saturated carbocycles. The van der Waals surface area contributed by atoms with Gasteiger partial charge in [-0.1, -0.05) is 0 Å². The molecule has 0 heterocycles. The first kappa shape index (κ1) is 11.3. The molecule has 2 amide bonds. The maximum absolute atomic E-state index is 11.3. The average molecular weight is 200 g/mol. The first-order valence-electron chi connectivity index (χ1n) is 5.37. The van der Waals surface area contributed by atoms with E-state index >= 15 is 0 Å². The lowest BCUT2D eigenvalue weighted by molar-refractivity contribution is 0.128. The molecule has 0 aromatic rings. The molecular formula is C10H20N2O2. The van der Waals surface area contributed by atoms with Crippen LogP contribution in [0.5, 0.6) is 0 Å². The topological polar surface area (TPSA) is 50.4 Å². The fourth-order valence-corrected chi connectivity index (χ4v) is 1.34. The van der Waals surface area contributed by atoms with Crippen LogP contribution in [0.1, 0.15) is 33.1 Å². The number of carbonyl (C=O) groups is 1. The number of ether oxygens (including phenoxy) is 1. The molecule has 1 aliphatic rings. The predicted octanol–water partition coefficient (Wildman–Crippen LogP) is 1.26. The summed E-state index contributed by atoms with van der Waals surface area (Å²) in [6.07, 6.45) is 3.47. The Bertz CT molecular complexity index is 181. The largest absolute Gasteiger partial charge is 0.380 e. The van der Waals surface area contributed by atoms with Gasteiger partial charge in [-0.15, -0.1) is 0 Å². The van der Waals surface area contributed by atoms with Crippen molar-refractivity contribution in [1.29, 1.82) is 0 Å². The Morgan fingerprint density at radius 2 is 2.29 bits per heavy atom. The van der Waals surface area contributed by atoms with Crippen LogP contribution in [0.2, 0.25) is 0 Å². The van der Waals surface area contributed by atoms with Crippen LogP contribution in [0.4, 0.5) is 4.79 Å². The van der Waals surface area contributed by atoms with Gasteiger partial charge in [0.05, 0.1) is 12.6 Å². The fourth-order valence-electron chi connectivity index (χ4n) is 1.34. The Kier molecular flexibility index (Phi) is 4.73. The van der Waals surface area contributed by atoms with E-state index in [0.29, 0.717) is 19.3 Å². The summed E-state index contributed by atoms with van der Waals surface area (Å²) >= 11 is 0. The van der Waals surface area contributed by atoms with E-state index in [1.807, 2.05) is 13.8 Å². The number of nitrogens with one attached hydrogen (secondary N) is 2. The lowest BCUT2D eigenvalue weighted by Gasteiger charge is -2.27. The van der Waals surface area contributed by atoms with Gasteiger partial charge in [-0.2, -0.15) is 0 Å². The van der Waals surface area contributed by atoms with Crippen LogP contribution in [-0.4, -0.2) is 31.3 Å². The van der Waals surface area contributed by atoms with Gasteiger partial charge in [-0.25, -0.2) is 4.79 Å². The van der Waals surface area contributed by atoms with Crippen LogP contribution in [-0.2, 0) is 4.74 Å². The second-order valence-corrected chi connectivity index (χ2v) is 3.81. The molecule has 1 unspecified atom stereocenters. The summed E-state index contributed by atoms with van der Waals surface area (Å²) in [5.41, 5.74) is 0. The lowest BCUT2D eigenvalue weighted by Crippen LogP contribution is -2.48. The molecule has 82 valence electrons. The van der Waals surface area contributed by atoms with Crippen LogP contribution >= 0.6 is 0 Å². The van der Waals surface area contributed by atoms with E-state index in [9.17, 15) is 4.79 Å². The maximum atomic E-state index is 11.3. The highest BCUT2D eigenvalue weighted by molar-refractivity contribution is 5.74.